The maximum atomic E-state index is 12.5. The highest BCUT2D eigenvalue weighted by Crippen LogP contribution is 2.29. The van der Waals surface area contributed by atoms with Crippen molar-refractivity contribution < 1.29 is 27.3 Å². The highest BCUT2D eigenvalue weighted by Gasteiger charge is 2.38. The molecule has 11 heteroatoms. The van der Waals surface area contributed by atoms with E-state index in [2.05, 4.69) is 41.1 Å². The van der Waals surface area contributed by atoms with Crippen molar-refractivity contribution in [1.29, 1.82) is 0 Å². The fourth-order valence-electron chi connectivity index (χ4n) is 2.38. The Kier molecular flexibility index (Phi) is 7.06. The first-order chi connectivity index (χ1) is 14.7. The maximum absolute atomic E-state index is 12.5. The van der Waals surface area contributed by atoms with Gasteiger partial charge in [-0.1, -0.05) is 50.5 Å². The van der Waals surface area contributed by atoms with E-state index in [9.17, 15) is 18.0 Å². The molecule has 3 rings (SSSR count). The Morgan fingerprint density at radius 1 is 1.23 bits per heavy atom. The lowest BCUT2D eigenvalue weighted by molar-refractivity contribution is -0.159. The number of nitrogens with one attached hydrogen (secondary N) is 1. The van der Waals surface area contributed by atoms with E-state index in [1.54, 1.807) is 6.92 Å². The normalized spacial score (nSPS) is 12.7. The lowest BCUT2D eigenvalue weighted by atomic mass is 10.1. The summed E-state index contributed by atoms with van der Waals surface area (Å²) in [5.41, 5.74) is 1.53. The molecule has 1 aromatic heterocycles. The number of carbonyl (C=O) groups is 1. The van der Waals surface area contributed by atoms with E-state index < -0.39 is 18.1 Å². The molecule has 0 fully saturated rings. The molecule has 31 heavy (non-hydrogen) atoms. The zero-order chi connectivity index (χ0) is 22.4. The van der Waals surface area contributed by atoms with Gasteiger partial charge in [0.05, 0.1) is 12.3 Å². The minimum absolute atomic E-state index is 0.220. The molecule has 1 heterocycles. The van der Waals surface area contributed by atoms with Gasteiger partial charge in [-0.15, -0.1) is 0 Å². The van der Waals surface area contributed by atoms with Crippen molar-refractivity contribution in [2.24, 2.45) is 5.16 Å². The molecule has 1 unspecified atom stereocenters. The van der Waals surface area contributed by atoms with Crippen LogP contribution in [-0.2, 0) is 17.6 Å². The molecule has 1 N–H and O–H groups in total. The van der Waals surface area contributed by atoms with Gasteiger partial charge in [-0.2, -0.15) is 18.2 Å². The number of halogens is 4. The summed E-state index contributed by atoms with van der Waals surface area (Å²) in [6, 6.07) is 12.9. The van der Waals surface area contributed by atoms with Gasteiger partial charge in [0, 0.05) is 15.6 Å². The highest BCUT2D eigenvalue weighted by atomic mass is 79.9. The van der Waals surface area contributed by atoms with Crippen LogP contribution in [0.5, 0.6) is 0 Å². The molecule has 0 bridgehead atoms. The van der Waals surface area contributed by atoms with Crippen molar-refractivity contribution in [3.8, 4) is 11.4 Å². The number of rotatable bonds is 7. The zero-order valence-corrected chi connectivity index (χ0v) is 17.6. The number of hydrogen-bond donors (Lipinski definition) is 1. The van der Waals surface area contributed by atoms with Gasteiger partial charge in [-0.05, 0) is 36.8 Å². The van der Waals surface area contributed by atoms with Crippen LogP contribution in [0.1, 0.15) is 28.7 Å². The van der Waals surface area contributed by atoms with Crippen LogP contribution in [0.25, 0.3) is 11.4 Å². The Hall–Kier alpha value is -3.21. The third-order valence-corrected chi connectivity index (χ3v) is 4.46. The van der Waals surface area contributed by atoms with Gasteiger partial charge in [0.1, 0.15) is 6.61 Å². The number of hydrogen-bond acceptors (Lipinski definition) is 6. The Labute approximate surface area is 183 Å². The molecule has 0 aliphatic rings. The summed E-state index contributed by atoms with van der Waals surface area (Å²) >= 11 is 3.35. The van der Waals surface area contributed by atoms with Crippen molar-refractivity contribution in [3.05, 3.63) is 70.0 Å². The van der Waals surface area contributed by atoms with E-state index in [1.165, 1.54) is 30.5 Å². The van der Waals surface area contributed by atoms with E-state index in [1.807, 2.05) is 24.3 Å². The topological polar surface area (TPSA) is 89.6 Å². The van der Waals surface area contributed by atoms with Gasteiger partial charge in [-0.3, -0.25) is 4.79 Å². The molecule has 0 spiro atoms. The second-order valence-electron chi connectivity index (χ2n) is 6.41. The average molecular weight is 497 g/mol. The van der Waals surface area contributed by atoms with Crippen LogP contribution >= 0.6 is 15.9 Å². The third kappa shape index (κ3) is 6.38. The minimum Gasteiger partial charge on any atom is -0.391 e. The van der Waals surface area contributed by atoms with Gasteiger partial charge in [0.15, 0.2) is 0 Å². The van der Waals surface area contributed by atoms with Crippen LogP contribution in [0.2, 0.25) is 0 Å². The fraction of sp³-hybridized carbons (Fsp3) is 0.200. The van der Waals surface area contributed by atoms with E-state index in [-0.39, 0.29) is 23.9 Å². The lowest BCUT2D eigenvalue weighted by Gasteiger charge is -2.09. The van der Waals surface area contributed by atoms with E-state index >= 15 is 0 Å². The van der Waals surface area contributed by atoms with Crippen LogP contribution in [0.4, 0.5) is 13.2 Å². The standard InChI is InChI=1S/C20H16BrF3N4O3/c1-12(10-25-30-11-13-2-8-16(21)9-3-13)26-18(29)15-6-4-14(5-7-15)17-27-19(31-28-17)20(22,23)24/h2-10,12H,11H2,1H3,(H,26,29). The van der Waals surface area contributed by atoms with Gasteiger partial charge in [0.25, 0.3) is 5.91 Å². The van der Waals surface area contributed by atoms with Crippen molar-refractivity contribution in [1.82, 2.24) is 15.5 Å². The zero-order valence-electron chi connectivity index (χ0n) is 16.1. The molecule has 3 aromatic rings. The number of amides is 1. The lowest BCUT2D eigenvalue weighted by Crippen LogP contribution is -2.33. The monoisotopic (exact) mass is 496 g/mol. The van der Waals surface area contributed by atoms with Gasteiger partial charge >= 0.3 is 12.1 Å². The van der Waals surface area contributed by atoms with Gasteiger partial charge in [0.2, 0.25) is 5.82 Å². The van der Waals surface area contributed by atoms with Crippen LogP contribution in [0, 0.1) is 0 Å². The van der Waals surface area contributed by atoms with Crippen molar-refractivity contribution in [2.75, 3.05) is 0 Å². The van der Waals surface area contributed by atoms with Crippen molar-refractivity contribution >= 4 is 28.1 Å². The molecule has 1 amide bonds. The first kappa shape index (κ1) is 22.5. The second kappa shape index (κ2) is 9.73. The van der Waals surface area contributed by atoms with E-state index in [4.69, 9.17) is 4.84 Å². The SMILES string of the molecule is CC(C=NOCc1ccc(Br)cc1)NC(=O)c1ccc(-c2noc(C(F)(F)F)n2)cc1. The number of carbonyl (C=O) groups excluding carboxylic acids is 1. The predicted molar refractivity (Wildman–Crippen MR) is 109 cm³/mol. The first-order valence-corrected chi connectivity index (χ1v) is 9.74. The third-order valence-electron chi connectivity index (χ3n) is 3.94. The molecule has 2 aromatic carbocycles. The summed E-state index contributed by atoms with van der Waals surface area (Å²) in [4.78, 5) is 20.8. The number of alkyl halides is 3. The average Bonchev–Trinajstić information content (AvgIpc) is 3.23. The number of nitrogens with zero attached hydrogens (tertiary/aromatic N) is 3. The largest absolute Gasteiger partial charge is 0.471 e. The fourth-order valence-corrected chi connectivity index (χ4v) is 2.65. The Morgan fingerprint density at radius 2 is 1.90 bits per heavy atom. The molecule has 1 atom stereocenters. The number of oxime groups is 1. The predicted octanol–water partition coefficient (Wildman–Crippen LogP) is 4.84. The number of benzene rings is 2. The van der Waals surface area contributed by atoms with E-state index in [0.29, 0.717) is 5.56 Å². The maximum Gasteiger partial charge on any atom is 0.471 e. The summed E-state index contributed by atoms with van der Waals surface area (Å²) in [7, 11) is 0. The summed E-state index contributed by atoms with van der Waals surface area (Å²) < 4.78 is 42.8. The summed E-state index contributed by atoms with van der Waals surface area (Å²) in [6.07, 6.45) is -3.27. The summed E-state index contributed by atoms with van der Waals surface area (Å²) in [5.74, 6) is -2.04. The van der Waals surface area contributed by atoms with Crippen molar-refractivity contribution in [2.45, 2.75) is 25.7 Å². The Bertz CT molecular complexity index is 1050. The highest BCUT2D eigenvalue weighted by molar-refractivity contribution is 9.10. The van der Waals surface area contributed by atoms with E-state index in [0.717, 1.165) is 10.0 Å². The molecule has 0 saturated heterocycles. The van der Waals surface area contributed by atoms with Gasteiger partial charge in [-0.25, -0.2) is 0 Å². The van der Waals surface area contributed by atoms with Crippen LogP contribution < -0.4 is 5.32 Å². The Balaban J connectivity index is 1.51. The van der Waals surface area contributed by atoms with Gasteiger partial charge < -0.3 is 14.7 Å². The molecule has 162 valence electrons. The first-order valence-electron chi connectivity index (χ1n) is 8.94. The van der Waals surface area contributed by atoms with Crippen LogP contribution in [-0.4, -0.2) is 28.3 Å². The van der Waals surface area contributed by atoms with Crippen molar-refractivity contribution in [3.63, 3.8) is 0 Å². The number of aromatic nitrogens is 2. The molecule has 0 saturated carbocycles. The second-order valence-corrected chi connectivity index (χ2v) is 7.33. The smallest absolute Gasteiger partial charge is 0.391 e. The van der Waals surface area contributed by atoms with Crippen LogP contribution in [0.15, 0.2) is 62.7 Å². The molecular weight excluding hydrogens is 481 g/mol. The summed E-state index contributed by atoms with van der Waals surface area (Å²) in [5, 5.41) is 9.86. The molecule has 7 nitrogen and oxygen atoms in total. The molecule has 0 aliphatic carbocycles. The molecule has 0 radical (unpaired) electrons. The van der Waals surface area contributed by atoms with Crippen LogP contribution in [0.3, 0.4) is 0 Å². The molecule has 0 aliphatic heterocycles. The quantitative estimate of drug-likeness (QED) is 0.373. The minimum atomic E-state index is -4.72. The Morgan fingerprint density at radius 3 is 2.52 bits per heavy atom. The molecular formula is C20H16BrF3N4O3. The summed E-state index contributed by atoms with van der Waals surface area (Å²) in [6.45, 7) is 2.01.